The smallest absolute Gasteiger partial charge is 0.375 e. The minimum absolute atomic E-state index is 0.389. The lowest BCUT2D eigenvalue weighted by molar-refractivity contribution is -0.210. The highest BCUT2D eigenvalue weighted by atomic mass is 32.2. The van der Waals surface area contributed by atoms with Gasteiger partial charge in [0.1, 0.15) is 0 Å². The van der Waals surface area contributed by atoms with E-state index in [0.717, 1.165) is 26.4 Å². The molecule has 0 saturated heterocycles. The van der Waals surface area contributed by atoms with Crippen LogP contribution in [0.3, 0.4) is 0 Å². The van der Waals surface area contributed by atoms with E-state index >= 15 is 0 Å². The molecule has 0 N–H and O–H groups in total. The summed E-state index contributed by atoms with van der Waals surface area (Å²) in [6, 6.07) is 4.54. The molecule has 35 heavy (non-hydrogen) atoms. The first kappa shape index (κ1) is 25.5. The Labute approximate surface area is 194 Å². The first-order valence-electron chi connectivity index (χ1n) is 9.41. The van der Waals surface area contributed by atoms with Crippen LogP contribution in [0.4, 0.5) is 26.3 Å². The molecule has 2 aliphatic carbocycles. The molecule has 0 heterocycles. The van der Waals surface area contributed by atoms with E-state index in [0.29, 0.717) is 0 Å². The van der Waals surface area contributed by atoms with Gasteiger partial charge in [0.2, 0.25) is 0 Å². The summed E-state index contributed by atoms with van der Waals surface area (Å²) in [6.45, 7) is 0. The molecule has 0 unspecified atom stereocenters. The Morgan fingerprint density at radius 1 is 0.714 bits per heavy atom. The summed E-state index contributed by atoms with van der Waals surface area (Å²) in [7, 11) is -10.2. The van der Waals surface area contributed by atoms with E-state index in [1.807, 2.05) is 0 Å². The normalized spacial score (nSPS) is 21.4. The topological polar surface area (TPSA) is 105 Å². The van der Waals surface area contributed by atoms with Gasteiger partial charge in [-0.05, 0) is 0 Å². The number of fused-ring (bicyclic) bond motifs is 6. The van der Waals surface area contributed by atoms with Gasteiger partial charge in [-0.1, -0.05) is 36.4 Å². The van der Waals surface area contributed by atoms with Crippen LogP contribution < -0.4 is 8.37 Å². The van der Waals surface area contributed by atoms with Crippen LogP contribution in [0.1, 0.15) is 23.0 Å². The summed E-state index contributed by atoms with van der Waals surface area (Å²) in [4.78, 5) is 0. The molecule has 2 aromatic rings. The highest BCUT2D eigenvalue weighted by Gasteiger charge is 2.61. The zero-order valence-electron chi connectivity index (χ0n) is 17.5. The second-order valence-electron chi connectivity index (χ2n) is 7.47. The van der Waals surface area contributed by atoms with Gasteiger partial charge in [0.15, 0.2) is 17.3 Å². The predicted octanol–water partition coefficient (Wildman–Crippen LogP) is 4.04. The van der Waals surface area contributed by atoms with Gasteiger partial charge in [-0.15, -0.1) is 0 Å². The van der Waals surface area contributed by atoms with E-state index in [9.17, 15) is 43.2 Å². The predicted molar refractivity (Wildman–Crippen MR) is 107 cm³/mol. The van der Waals surface area contributed by atoms with E-state index < -0.39 is 71.1 Å². The molecular formula is C19H14F6O8S2. The van der Waals surface area contributed by atoms with Crippen molar-refractivity contribution in [2.24, 2.45) is 0 Å². The van der Waals surface area contributed by atoms with Crippen molar-refractivity contribution < 1.29 is 61.0 Å². The summed E-state index contributed by atoms with van der Waals surface area (Å²) in [5, 5.41) is -0.901. The lowest BCUT2D eigenvalue weighted by Gasteiger charge is -2.31. The molecule has 2 atom stereocenters. The number of benzene rings is 2. The molecule has 0 saturated carbocycles. The van der Waals surface area contributed by atoms with Crippen molar-refractivity contribution in [2.45, 2.75) is 28.6 Å². The zero-order valence-corrected chi connectivity index (χ0v) is 19.1. The lowest BCUT2D eigenvalue weighted by atomic mass is 9.91. The number of hydrogen-bond donors (Lipinski definition) is 0. The molecule has 16 heteroatoms. The van der Waals surface area contributed by atoms with Crippen molar-refractivity contribution in [2.75, 3.05) is 14.2 Å². The first-order valence-corrected chi connectivity index (χ1v) is 12.2. The number of methoxy groups -OCH3 is 2. The van der Waals surface area contributed by atoms with Gasteiger partial charge in [-0.25, -0.2) is 0 Å². The van der Waals surface area contributed by atoms with Gasteiger partial charge in [-0.3, -0.25) is 0 Å². The summed E-state index contributed by atoms with van der Waals surface area (Å²) in [5.41, 5.74) is -12.5. The van der Waals surface area contributed by atoms with Crippen molar-refractivity contribution in [3.05, 3.63) is 47.5 Å². The first-order chi connectivity index (χ1) is 16.0. The Morgan fingerprint density at radius 3 is 1.34 bits per heavy atom. The van der Waals surface area contributed by atoms with Gasteiger partial charge in [-0.2, -0.15) is 43.2 Å². The average Bonchev–Trinajstić information content (AvgIpc) is 3.25. The lowest BCUT2D eigenvalue weighted by Crippen LogP contribution is -2.37. The highest BCUT2D eigenvalue weighted by molar-refractivity contribution is 7.88. The number of alkyl halides is 6. The molecule has 0 aromatic heterocycles. The van der Waals surface area contributed by atoms with Gasteiger partial charge in [0, 0.05) is 36.1 Å². The Bertz CT molecular complexity index is 1340. The SMILES string of the molecule is COC1(OC)[C@@H]2C=C[C@H]1c1c2c(OS(=O)(=O)C(F)(F)F)c2ccccc2c1OS(=O)(=O)C(F)(F)F. The van der Waals surface area contributed by atoms with E-state index in [1.165, 1.54) is 24.3 Å². The Kier molecular flexibility index (Phi) is 5.63. The third kappa shape index (κ3) is 3.56. The molecular weight excluding hydrogens is 534 g/mol. The second-order valence-corrected chi connectivity index (χ2v) is 10.5. The van der Waals surface area contributed by atoms with Gasteiger partial charge < -0.3 is 17.8 Å². The molecule has 0 fully saturated rings. The van der Waals surface area contributed by atoms with E-state index in [2.05, 4.69) is 8.37 Å². The average molecular weight is 548 g/mol. The largest absolute Gasteiger partial charge is 0.534 e. The third-order valence-electron chi connectivity index (χ3n) is 5.77. The minimum Gasteiger partial charge on any atom is -0.375 e. The molecule has 4 rings (SSSR count). The molecule has 2 bridgehead atoms. The van der Waals surface area contributed by atoms with Crippen molar-refractivity contribution in [1.29, 1.82) is 0 Å². The fourth-order valence-corrected chi connectivity index (χ4v) is 5.38. The second kappa shape index (κ2) is 7.72. The number of hydrogen-bond acceptors (Lipinski definition) is 8. The molecule has 2 aliphatic rings. The summed E-state index contributed by atoms with van der Waals surface area (Å²) in [5.74, 6) is -5.91. The maximum absolute atomic E-state index is 13.2. The molecule has 8 nitrogen and oxygen atoms in total. The molecule has 0 amide bonds. The maximum Gasteiger partial charge on any atom is 0.534 e. The fraction of sp³-hybridized carbons (Fsp3) is 0.368. The molecule has 0 aliphatic heterocycles. The van der Waals surface area contributed by atoms with Crippen LogP contribution in [-0.2, 0) is 29.7 Å². The zero-order chi connectivity index (χ0) is 26.2. The van der Waals surface area contributed by atoms with Crippen LogP contribution >= 0.6 is 0 Å². The Hall–Kier alpha value is -2.56. The van der Waals surface area contributed by atoms with Crippen molar-refractivity contribution in [3.8, 4) is 11.5 Å². The summed E-state index contributed by atoms with van der Waals surface area (Å²) >= 11 is 0. The minimum atomic E-state index is -6.25. The van der Waals surface area contributed by atoms with Crippen LogP contribution in [0.15, 0.2) is 36.4 Å². The molecule has 2 aromatic carbocycles. The summed E-state index contributed by atoms with van der Waals surface area (Å²) in [6.07, 6.45) is 2.73. The van der Waals surface area contributed by atoms with E-state index in [-0.39, 0.29) is 11.1 Å². The van der Waals surface area contributed by atoms with Crippen LogP contribution in [-0.4, -0.2) is 47.9 Å². The van der Waals surface area contributed by atoms with Crippen LogP contribution in [0.2, 0.25) is 0 Å². The van der Waals surface area contributed by atoms with Gasteiger partial charge >= 0.3 is 31.3 Å². The van der Waals surface area contributed by atoms with Gasteiger partial charge in [0.25, 0.3) is 0 Å². The van der Waals surface area contributed by atoms with Crippen LogP contribution in [0.25, 0.3) is 10.8 Å². The highest BCUT2D eigenvalue weighted by Crippen LogP contribution is 2.64. The fourth-order valence-electron chi connectivity index (χ4n) is 4.39. The van der Waals surface area contributed by atoms with E-state index in [1.54, 1.807) is 0 Å². The quantitative estimate of drug-likeness (QED) is 0.175. The Morgan fingerprint density at radius 2 is 1.06 bits per heavy atom. The number of rotatable bonds is 6. The van der Waals surface area contributed by atoms with Crippen molar-refractivity contribution >= 4 is 31.0 Å². The maximum atomic E-state index is 13.2. The molecule has 192 valence electrons. The standard InChI is InChI=1S/C19H14F6O8S2/c1-30-17(31-2)11-7-8-12(17)14-13(11)15(32-34(26,27)18(20,21)22)9-5-3-4-6-10(9)16(14)33-35(28,29)19(23,24)25/h3-8,11-12H,1-2H3/t11-,12+. The van der Waals surface area contributed by atoms with Crippen molar-refractivity contribution in [3.63, 3.8) is 0 Å². The van der Waals surface area contributed by atoms with Gasteiger partial charge in [0.05, 0.1) is 11.8 Å². The van der Waals surface area contributed by atoms with Crippen LogP contribution in [0, 0.1) is 0 Å². The Balaban J connectivity index is 2.12. The molecule has 0 radical (unpaired) electrons. The number of ether oxygens (including phenoxy) is 2. The number of halogens is 6. The summed E-state index contributed by atoms with van der Waals surface area (Å²) < 4.78 is 146. The van der Waals surface area contributed by atoms with Crippen molar-refractivity contribution in [1.82, 2.24) is 0 Å². The molecule has 0 spiro atoms. The van der Waals surface area contributed by atoms with Crippen LogP contribution in [0.5, 0.6) is 11.5 Å². The van der Waals surface area contributed by atoms with E-state index in [4.69, 9.17) is 9.47 Å². The third-order valence-corrected chi connectivity index (χ3v) is 7.68. The monoisotopic (exact) mass is 548 g/mol.